The molecule has 6 rings (SSSR count). The number of nitrogens with zero attached hydrogens (tertiary/aromatic N) is 1. The smallest absolute Gasteiger partial charge is 0.291 e. The first-order valence-electron chi connectivity index (χ1n) is 11.8. The third-order valence-electron chi connectivity index (χ3n) is 6.81. The Morgan fingerprint density at radius 3 is 2.44 bits per heavy atom. The van der Waals surface area contributed by atoms with Crippen molar-refractivity contribution >= 4 is 16.9 Å². The van der Waals surface area contributed by atoms with E-state index in [2.05, 4.69) is 20.8 Å². The Bertz CT molecular complexity index is 1580. The zero-order chi connectivity index (χ0) is 25.2. The van der Waals surface area contributed by atoms with Crippen LogP contribution in [-0.2, 0) is 12.0 Å². The summed E-state index contributed by atoms with van der Waals surface area (Å²) >= 11 is 0. The number of amides is 1. The van der Waals surface area contributed by atoms with E-state index >= 15 is 0 Å². The van der Waals surface area contributed by atoms with Crippen LogP contribution in [-0.4, -0.2) is 17.6 Å². The Labute approximate surface area is 206 Å². The molecule has 0 N–H and O–H groups in total. The van der Waals surface area contributed by atoms with Crippen molar-refractivity contribution in [3.8, 4) is 11.5 Å². The summed E-state index contributed by atoms with van der Waals surface area (Å²) in [7, 11) is 0. The van der Waals surface area contributed by atoms with Crippen molar-refractivity contribution in [3.63, 3.8) is 0 Å². The van der Waals surface area contributed by atoms with E-state index in [1.807, 2.05) is 36.4 Å². The average molecular weight is 486 g/mol. The molecule has 0 fully saturated rings. The quantitative estimate of drug-likeness (QED) is 0.372. The van der Waals surface area contributed by atoms with Gasteiger partial charge in [-0.2, -0.15) is 0 Å². The first kappa shape index (κ1) is 22.3. The number of ether oxygens (including phenoxy) is 2. The molecule has 0 radical (unpaired) electrons. The van der Waals surface area contributed by atoms with Crippen LogP contribution in [0, 0.1) is 5.82 Å². The molecule has 2 aliphatic rings. The topological polar surface area (TPSA) is 69.0 Å². The molecule has 182 valence electrons. The number of hydrogen-bond acceptors (Lipinski definition) is 5. The Morgan fingerprint density at radius 2 is 1.69 bits per heavy atom. The third kappa shape index (κ3) is 3.54. The molecule has 0 unspecified atom stereocenters. The Balaban J connectivity index is 1.51. The van der Waals surface area contributed by atoms with Crippen LogP contribution in [0.5, 0.6) is 11.5 Å². The monoisotopic (exact) mass is 485 g/mol. The van der Waals surface area contributed by atoms with E-state index in [-0.39, 0.29) is 41.0 Å². The summed E-state index contributed by atoms with van der Waals surface area (Å²) in [6.07, 6.45) is 0. The number of fused-ring (bicyclic) bond motifs is 3. The fourth-order valence-corrected chi connectivity index (χ4v) is 4.90. The van der Waals surface area contributed by atoms with Crippen molar-refractivity contribution in [2.75, 3.05) is 6.79 Å². The van der Waals surface area contributed by atoms with Gasteiger partial charge in [-0.05, 0) is 52.4 Å². The zero-order valence-corrected chi connectivity index (χ0v) is 20.1. The highest BCUT2D eigenvalue weighted by Crippen LogP contribution is 2.41. The van der Waals surface area contributed by atoms with Gasteiger partial charge in [0.15, 0.2) is 16.9 Å². The second kappa shape index (κ2) is 7.95. The highest BCUT2D eigenvalue weighted by molar-refractivity contribution is 5.99. The van der Waals surface area contributed by atoms with E-state index in [4.69, 9.17) is 13.9 Å². The van der Waals surface area contributed by atoms with Gasteiger partial charge in [-0.25, -0.2) is 4.39 Å². The summed E-state index contributed by atoms with van der Waals surface area (Å²) in [5.41, 5.74) is 2.67. The van der Waals surface area contributed by atoms with Gasteiger partial charge in [0.1, 0.15) is 11.4 Å². The van der Waals surface area contributed by atoms with Gasteiger partial charge in [0.25, 0.3) is 5.91 Å². The fraction of sp³-hybridized carbons (Fsp3) is 0.241. The molecular formula is C29H24FNO5. The van der Waals surface area contributed by atoms with E-state index in [0.29, 0.717) is 11.5 Å². The van der Waals surface area contributed by atoms with Crippen LogP contribution >= 0.6 is 0 Å². The van der Waals surface area contributed by atoms with Crippen molar-refractivity contribution in [1.29, 1.82) is 0 Å². The van der Waals surface area contributed by atoms with Gasteiger partial charge in [0.05, 0.1) is 17.0 Å². The van der Waals surface area contributed by atoms with Crippen LogP contribution in [0.25, 0.3) is 11.0 Å². The van der Waals surface area contributed by atoms with E-state index in [0.717, 1.165) is 22.8 Å². The molecule has 2 aliphatic heterocycles. The van der Waals surface area contributed by atoms with Gasteiger partial charge in [-0.1, -0.05) is 51.1 Å². The lowest BCUT2D eigenvalue weighted by Gasteiger charge is -2.26. The molecule has 3 aromatic carbocycles. The summed E-state index contributed by atoms with van der Waals surface area (Å²) < 4.78 is 30.8. The Morgan fingerprint density at radius 1 is 0.944 bits per heavy atom. The summed E-state index contributed by atoms with van der Waals surface area (Å²) in [5.74, 6) is 0.315. The van der Waals surface area contributed by atoms with Gasteiger partial charge in [0, 0.05) is 6.54 Å². The number of halogens is 1. The van der Waals surface area contributed by atoms with E-state index < -0.39 is 23.2 Å². The maximum atomic E-state index is 14.0. The van der Waals surface area contributed by atoms with Gasteiger partial charge >= 0.3 is 0 Å². The third-order valence-corrected chi connectivity index (χ3v) is 6.81. The van der Waals surface area contributed by atoms with E-state index in [1.165, 1.54) is 12.1 Å². The first-order chi connectivity index (χ1) is 17.2. The lowest BCUT2D eigenvalue weighted by Crippen LogP contribution is -2.29. The van der Waals surface area contributed by atoms with Crippen LogP contribution in [0.1, 0.15) is 59.6 Å². The van der Waals surface area contributed by atoms with Gasteiger partial charge in [-0.3, -0.25) is 9.59 Å². The van der Waals surface area contributed by atoms with E-state index in [1.54, 1.807) is 11.0 Å². The second-order valence-corrected chi connectivity index (χ2v) is 10.2. The highest BCUT2D eigenvalue weighted by Gasteiger charge is 2.43. The molecule has 1 amide bonds. The van der Waals surface area contributed by atoms with Gasteiger partial charge in [0.2, 0.25) is 12.6 Å². The minimum absolute atomic E-state index is 0.00949. The van der Waals surface area contributed by atoms with Crippen LogP contribution < -0.4 is 14.9 Å². The summed E-state index contributed by atoms with van der Waals surface area (Å²) in [5, 5.41) is 0.114. The number of hydrogen-bond donors (Lipinski definition) is 0. The Kier molecular flexibility index (Phi) is 4.93. The zero-order valence-electron chi connectivity index (χ0n) is 20.1. The minimum Gasteiger partial charge on any atom is -0.454 e. The largest absolute Gasteiger partial charge is 0.454 e. The summed E-state index contributed by atoms with van der Waals surface area (Å²) in [4.78, 5) is 28.9. The summed E-state index contributed by atoms with van der Waals surface area (Å²) in [6.45, 7) is 6.74. The van der Waals surface area contributed by atoms with E-state index in [9.17, 15) is 14.0 Å². The van der Waals surface area contributed by atoms with Crippen LogP contribution in [0.4, 0.5) is 4.39 Å². The van der Waals surface area contributed by atoms with Crippen molar-refractivity contribution < 1.29 is 23.1 Å². The molecule has 36 heavy (non-hydrogen) atoms. The molecule has 7 heteroatoms. The molecule has 0 saturated heterocycles. The maximum Gasteiger partial charge on any atom is 0.291 e. The van der Waals surface area contributed by atoms with Crippen LogP contribution in [0.15, 0.2) is 69.9 Å². The molecule has 6 nitrogen and oxygen atoms in total. The van der Waals surface area contributed by atoms with Crippen LogP contribution in [0.2, 0.25) is 0 Å². The van der Waals surface area contributed by atoms with Gasteiger partial charge in [-0.15, -0.1) is 0 Å². The lowest BCUT2D eigenvalue weighted by molar-refractivity contribution is 0.0714. The number of carbonyl (C=O) groups excluding carboxylic acids is 1. The predicted octanol–water partition coefficient (Wildman–Crippen LogP) is 5.70. The van der Waals surface area contributed by atoms with Crippen molar-refractivity contribution in [3.05, 3.63) is 105 Å². The second-order valence-electron chi connectivity index (χ2n) is 10.2. The molecule has 4 aromatic rings. The van der Waals surface area contributed by atoms with Gasteiger partial charge < -0.3 is 18.8 Å². The number of carbonyl (C=O) groups is 1. The van der Waals surface area contributed by atoms with Crippen LogP contribution in [0.3, 0.4) is 0 Å². The maximum absolute atomic E-state index is 14.0. The first-order valence-corrected chi connectivity index (χ1v) is 11.8. The van der Waals surface area contributed by atoms with Crippen molar-refractivity contribution in [1.82, 2.24) is 4.90 Å². The highest BCUT2D eigenvalue weighted by atomic mass is 19.1. The molecule has 0 aliphatic carbocycles. The van der Waals surface area contributed by atoms with Crippen molar-refractivity contribution in [2.24, 2.45) is 0 Å². The molecule has 0 spiro atoms. The normalized spacial score (nSPS) is 16.6. The Hall–Kier alpha value is -4.13. The summed E-state index contributed by atoms with van der Waals surface area (Å²) in [6, 6.07) is 16.5. The molecule has 1 atom stereocenters. The number of rotatable bonds is 3. The molecule has 0 saturated carbocycles. The average Bonchev–Trinajstić information content (AvgIpc) is 3.42. The lowest BCUT2D eigenvalue weighted by atomic mass is 9.86. The molecular weight excluding hydrogens is 461 g/mol. The fourth-order valence-electron chi connectivity index (χ4n) is 4.90. The molecule has 1 aromatic heterocycles. The SMILES string of the molecule is CC(C)(C)c1ccc([C@@H]2c3c(oc4ccc(F)cc4c3=O)C(=O)N2Cc2ccc3c(c2)OCO3)cc1. The molecule has 3 heterocycles. The van der Waals surface area contributed by atoms with Crippen molar-refractivity contribution in [2.45, 2.75) is 38.8 Å². The molecule has 0 bridgehead atoms. The minimum atomic E-state index is -0.684. The standard InChI is InChI=1S/C29H24FNO5/c1-29(2,3)18-7-5-17(6-8-18)25-24-26(32)20-13-19(30)9-11-21(20)36-27(24)28(33)31(25)14-16-4-10-22-23(12-16)35-15-34-22/h4-13,25H,14-15H2,1-3H3/t25-/m1/s1. The number of benzene rings is 3. The predicted molar refractivity (Wildman–Crippen MR) is 132 cm³/mol.